The van der Waals surface area contributed by atoms with Gasteiger partial charge >= 0.3 is 0 Å². The molecular formula is C19H25NO3. The van der Waals surface area contributed by atoms with Gasteiger partial charge in [0.25, 0.3) is 0 Å². The minimum Gasteiger partial charge on any atom is -0.396 e. The summed E-state index contributed by atoms with van der Waals surface area (Å²) >= 11 is 0. The van der Waals surface area contributed by atoms with Crippen LogP contribution in [-0.4, -0.2) is 41.4 Å². The Hall–Kier alpha value is -1.68. The molecule has 1 aliphatic heterocycles. The summed E-state index contributed by atoms with van der Waals surface area (Å²) in [5.74, 6) is 0.298. The van der Waals surface area contributed by atoms with Gasteiger partial charge in [0.05, 0.1) is 0 Å². The van der Waals surface area contributed by atoms with E-state index in [1.807, 2.05) is 12.1 Å². The van der Waals surface area contributed by atoms with E-state index in [0.29, 0.717) is 13.1 Å². The number of carbonyl (C=O) groups excluding carboxylic acids is 2. The summed E-state index contributed by atoms with van der Waals surface area (Å²) in [4.78, 5) is 26.3. The minimum atomic E-state index is 0.0345. The molecule has 4 heteroatoms. The molecule has 1 N–H and O–H groups in total. The summed E-state index contributed by atoms with van der Waals surface area (Å²) in [6.07, 6.45) is 6.02. The van der Waals surface area contributed by atoms with Crippen molar-refractivity contribution in [3.8, 4) is 0 Å². The third-order valence-corrected chi connectivity index (χ3v) is 5.13. The predicted molar refractivity (Wildman–Crippen MR) is 88.4 cm³/mol. The van der Waals surface area contributed by atoms with Gasteiger partial charge in [0, 0.05) is 44.0 Å². The Kier molecular flexibility index (Phi) is 5.11. The maximum Gasteiger partial charge on any atom is 0.223 e. The van der Waals surface area contributed by atoms with Gasteiger partial charge in [-0.05, 0) is 49.3 Å². The number of aryl methyl sites for hydroxylation is 2. The first kappa shape index (κ1) is 16.2. The quantitative estimate of drug-likeness (QED) is 0.849. The number of carbonyl (C=O) groups is 2. The number of ketones is 1. The molecule has 0 spiro atoms. The van der Waals surface area contributed by atoms with Crippen molar-refractivity contribution >= 4 is 11.7 Å². The van der Waals surface area contributed by atoms with E-state index in [0.717, 1.165) is 24.8 Å². The van der Waals surface area contributed by atoms with Crippen molar-refractivity contribution in [1.29, 1.82) is 0 Å². The van der Waals surface area contributed by atoms with Crippen LogP contribution in [0.1, 0.15) is 53.6 Å². The van der Waals surface area contributed by atoms with Crippen LogP contribution in [0.3, 0.4) is 0 Å². The first-order valence-electron chi connectivity index (χ1n) is 8.71. The maximum absolute atomic E-state index is 12.4. The summed E-state index contributed by atoms with van der Waals surface area (Å²) < 4.78 is 0. The summed E-state index contributed by atoms with van der Waals surface area (Å²) in [5, 5.41) is 9.14. The lowest BCUT2D eigenvalue weighted by atomic mass is 9.89. The summed E-state index contributed by atoms with van der Waals surface area (Å²) in [6, 6.07) is 6.02. The molecule has 2 aliphatic rings. The zero-order valence-electron chi connectivity index (χ0n) is 13.6. The molecule has 4 nitrogen and oxygen atoms in total. The van der Waals surface area contributed by atoms with E-state index in [2.05, 4.69) is 6.07 Å². The number of aliphatic hydroxyl groups is 1. The van der Waals surface area contributed by atoms with Crippen LogP contribution in [0.2, 0.25) is 0 Å². The van der Waals surface area contributed by atoms with E-state index in [4.69, 9.17) is 5.11 Å². The largest absolute Gasteiger partial charge is 0.396 e. The van der Waals surface area contributed by atoms with Crippen molar-refractivity contribution in [2.24, 2.45) is 5.92 Å². The number of aliphatic hydroxyl groups excluding tert-OH is 1. The molecule has 23 heavy (non-hydrogen) atoms. The third-order valence-electron chi connectivity index (χ3n) is 5.13. The van der Waals surface area contributed by atoms with Gasteiger partial charge in [0.1, 0.15) is 0 Å². The van der Waals surface area contributed by atoms with Crippen molar-refractivity contribution in [1.82, 2.24) is 4.90 Å². The zero-order chi connectivity index (χ0) is 16.2. The Bertz CT molecular complexity index is 596. The number of benzene rings is 1. The fraction of sp³-hybridized carbons (Fsp3) is 0.579. The van der Waals surface area contributed by atoms with Gasteiger partial charge in [-0.15, -0.1) is 0 Å². The molecule has 1 heterocycles. The molecule has 1 aromatic rings. The van der Waals surface area contributed by atoms with Gasteiger partial charge < -0.3 is 10.0 Å². The SMILES string of the molecule is O=C(CCC(=O)N1CCC(CO)C1)c1ccc2c(c1)CCCC2. The van der Waals surface area contributed by atoms with Crippen LogP contribution in [0.15, 0.2) is 18.2 Å². The van der Waals surface area contributed by atoms with Gasteiger partial charge in [-0.25, -0.2) is 0 Å². The standard InChI is InChI=1S/C19H25NO3/c21-13-14-9-10-20(12-14)19(23)8-7-18(22)17-6-5-15-3-1-2-4-16(15)11-17/h5-6,11,14,21H,1-4,7-10,12-13H2. The van der Waals surface area contributed by atoms with Crippen LogP contribution in [0.5, 0.6) is 0 Å². The Morgan fingerprint density at radius 1 is 1.13 bits per heavy atom. The van der Waals surface area contributed by atoms with Gasteiger partial charge in [0.15, 0.2) is 5.78 Å². The first-order chi connectivity index (χ1) is 11.2. The molecule has 1 atom stereocenters. The van der Waals surface area contributed by atoms with E-state index in [1.165, 1.54) is 24.0 Å². The Morgan fingerprint density at radius 2 is 1.91 bits per heavy atom. The Labute approximate surface area is 137 Å². The number of Topliss-reactive ketones (excluding diaryl/α,β-unsaturated/α-hetero) is 1. The highest BCUT2D eigenvalue weighted by molar-refractivity contribution is 5.98. The molecule has 3 rings (SSSR count). The normalized spacial score (nSPS) is 20.4. The number of rotatable bonds is 5. The number of likely N-dealkylation sites (tertiary alicyclic amines) is 1. The fourth-order valence-corrected chi connectivity index (χ4v) is 3.64. The average Bonchev–Trinajstić information content (AvgIpc) is 3.08. The Morgan fingerprint density at radius 3 is 2.65 bits per heavy atom. The summed E-state index contributed by atoms with van der Waals surface area (Å²) in [7, 11) is 0. The van der Waals surface area contributed by atoms with Crippen LogP contribution in [0, 0.1) is 5.92 Å². The average molecular weight is 315 g/mol. The summed E-state index contributed by atoms with van der Waals surface area (Å²) in [6.45, 7) is 1.47. The lowest BCUT2D eigenvalue weighted by molar-refractivity contribution is -0.130. The van der Waals surface area contributed by atoms with Crippen LogP contribution in [0.25, 0.3) is 0 Å². The second-order valence-corrected chi connectivity index (χ2v) is 6.79. The molecule has 124 valence electrons. The maximum atomic E-state index is 12.4. The van der Waals surface area contributed by atoms with E-state index in [9.17, 15) is 9.59 Å². The zero-order valence-corrected chi connectivity index (χ0v) is 13.6. The van der Waals surface area contributed by atoms with Crippen molar-refractivity contribution in [3.63, 3.8) is 0 Å². The number of fused-ring (bicyclic) bond motifs is 1. The second kappa shape index (κ2) is 7.26. The molecule has 1 fully saturated rings. The van der Waals surface area contributed by atoms with Gasteiger partial charge in [-0.1, -0.05) is 12.1 Å². The minimum absolute atomic E-state index is 0.0345. The molecule has 1 unspecified atom stereocenters. The lowest BCUT2D eigenvalue weighted by Gasteiger charge is -2.17. The number of hydrogen-bond acceptors (Lipinski definition) is 3. The second-order valence-electron chi connectivity index (χ2n) is 6.79. The van der Waals surface area contributed by atoms with Crippen LogP contribution < -0.4 is 0 Å². The lowest BCUT2D eigenvalue weighted by Crippen LogP contribution is -2.29. The molecule has 1 aliphatic carbocycles. The molecule has 0 aromatic heterocycles. The molecule has 0 radical (unpaired) electrons. The highest BCUT2D eigenvalue weighted by atomic mass is 16.3. The molecule has 0 bridgehead atoms. The van der Waals surface area contributed by atoms with Crippen LogP contribution >= 0.6 is 0 Å². The van der Waals surface area contributed by atoms with E-state index >= 15 is 0 Å². The van der Waals surface area contributed by atoms with Crippen molar-refractivity contribution in [2.45, 2.75) is 44.9 Å². The van der Waals surface area contributed by atoms with E-state index in [1.54, 1.807) is 4.90 Å². The molecular weight excluding hydrogens is 290 g/mol. The predicted octanol–water partition coefficient (Wildman–Crippen LogP) is 2.37. The van der Waals surface area contributed by atoms with Gasteiger partial charge in [-0.3, -0.25) is 9.59 Å². The van der Waals surface area contributed by atoms with Crippen molar-refractivity contribution in [2.75, 3.05) is 19.7 Å². The molecule has 1 saturated heterocycles. The molecule has 1 aromatic carbocycles. The first-order valence-corrected chi connectivity index (χ1v) is 8.71. The summed E-state index contributed by atoms with van der Waals surface area (Å²) in [5.41, 5.74) is 3.42. The smallest absolute Gasteiger partial charge is 0.223 e. The third kappa shape index (κ3) is 3.81. The highest BCUT2D eigenvalue weighted by Crippen LogP contribution is 2.23. The van der Waals surface area contributed by atoms with Gasteiger partial charge in [0.2, 0.25) is 5.91 Å². The monoisotopic (exact) mass is 315 g/mol. The van der Waals surface area contributed by atoms with Crippen LogP contribution in [0.4, 0.5) is 0 Å². The topological polar surface area (TPSA) is 57.6 Å². The van der Waals surface area contributed by atoms with Crippen LogP contribution in [-0.2, 0) is 17.6 Å². The highest BCUT2D eigenvalue weighted by Gasteiger charge is 2.25. The Balaban J connectivity index is 1.54. The van der Waals surface area contributed by atoms with E-state index in [-0.39, 0.29) is 37.1 Å². The molecule has 1 amide bonds. The van der Waals surface area contributed by atoms with Gasteiger partial charge in [-0.2, -0.15) is 0 Å². The number of hydrogen-bond donors (Lipinski definition) is 1. The van der Waals surface area contributed by atoms with E-state index < -0.39 is 0 Å². The number of nitrogens with zero attached hydrogens (tertiary/aromatic N) is 1. The van der Waals surface area contributed by atoms with Crippen molar-refractivity contribution < 1.29 is 14.7 Å². The molecule has 0 saturated carbocycles. The number of amides is 1. The fourth-order valence-electron chi connectivity index (χ4n) is 3.64. The van der Waals surface area contributed by atoms with Crippen molar-refractivity contribution in [3.05, 3.63) is 34.9 Å².